The first kappa shape index (κ1) is 9.40. The summed E-state index contributed by atoms with van der Waals surface area (Å²) in [4.78, 5) is 0. The number of hydrogen-bond acceptors (Lipinski definition) is 2. The van der Waals surface area contributed by atoms with Crippen LogP contribution in [0, 0.1) is 11.8 Å². The molecule has 1 nitrogen and oxygen atoms in total. The van der Waals surface area contributed by atoms with E-state index in [4.69, 9.17) is 5.73 Å². The molecule has 1 aliphatic rings. The number of thioether (sulfide) groups is 1. The highest BCUT2D eigenvalue weighted by atomic mass is 32.2. The van der Waals surface area contributed by atoms with Gasteiger partial charge in [0, 0.05) is 0 Å². The lowest BCUT2D eigenvalue weighted by Gasteiger charge is -2.06. The largest absolute Gasteiger partial charge is 0.330 e. The molecule has 66 valence electrons. The highest BCUT2D eigenvalue weighted by Gasteiger charge is 2.20. The van der Waals surface area contributed by atoms with Crippen molar-refractivity contribution in [1.82, 2.24) is 0 Å². The van der Waals surface area contributed by atoms with Gasteiger partial charge in [-0.15, -0.1) is 0 Å². The summed E-state index contributed by atoms with van der Waals surface area (Å²) in [5, 5.41) is 0. The molecule has 1 unspecified atom stereocenters. The van der Waals surface area contributed by atoms with Crippen molar-refractivity contribution in [2.75, 3.05) is 18.1 Å². The minimum Gasteiger partial charge on any atom is -0.330 e. The third-order valence-electron chi connectivity index (χ3n) is 2.17. The maximum absolute atomic E-state index is 5.51. The van der Waals surface area contributed by atoms with Crippen molar-refractivity contribution in [2.45, 2.75) is 26.2 Å². The predicted octanol–water partition coefficient (Wildman–Crippen LogP) is 2.11. The summed E-state index contributed by atoms with van der Waals surface area (Å²) in [7, 11) is 0. The first-order valence-corrected chi connectivity index (χ1v) is 5.76. The van der Waals surface area contributed by atoms with Gasteiger partial charge in [-0.25, -0.2) is 0 Å². The summed E-state index contributed by atoms with van der Waals surface area (Å²) in [6.45, 7) is 3.07. The molecule has 0 heterocycles. The molecule has 0 aromatic heterocycles. The van der Waals surface area contributed by atoms with Crippen LogP contribution in [0.5, 0.6) is 0 Å². The van der Waals surface area contributed by atoms with E-state index in [1.165, 1.54) is 30.8 Å². The van der Waals surface area contributed by atoms with Crippen molar-refractivity contribution in [3.63, 3.8) is 0 Å². The van der Waals surface area contributed by atoms with Crippen molar-refractivity contribution in [3.05, 3.63) is 0 Å². The van der Waals surface area contributed by atoms with E-state index < -0.39 is 0 Å². The average Bonchev–Trinajstić information content (AvgIpc) is 2.81. The monoisotopic (exact) mass is 173 g/mol. The standard InChI is InChI=1S/C9H19NS/c1-8(6-10)7-11-5-4-9-2-3-9/h8-9H,2-7,10H2,1H3. The molecule has 0 radical (unpaired) electrons. The SMILES string of the molecule is CC(CN)CSCCC1CC1. The van der Waals surface area contributed by atoms with E-state index in [-0.39, 0.29) is 0 Å². The molecule has 0 amide bonds. The molecule has 0 saturated heterocycles. The molecule has 1 aliphatic carbocycles. The van der Waals surface area contributed by atoms with Gasteiger partial charge < -0.3 is 5.73 Å². The molecule has 0 aromatic rings. The van der Waals surface area contributed by atoms with E-state index in [9.17, 15) is 0 Å². The van der Waals surface area contributed by atoms with Gasteiger partial charge in [0.1, 0.15) is 0 Å². The second-order valence-electron chi connectivity index (χ2n) is 3.65. The summed E-state index contributed by atoms with van der Waals surface area (Å²) in [5.41, 5.74) is 5.51. The fourth-order valence-corrected chi connectivity index (χ4v) is 2.21. The van der Waals surface area contributed by atoms with Gasteiger partial charge in [0.05, 0.1) is 0 Å². The molecule has 0 spiro atoms. The Labute approximate surface area is 74.1 Å². The van der Waals surface area contributed by atoms with Crippen LogP contribution in [0.2, 0.25) is 0 Å². The second kappa shape index (κ2) is 5.04. The second-order valence-corrected chi connectivity index (χ2v) is 4.80. The van der Waals surface area contributed by atoms with E-state index in [2.05, 4.69) is 18.7 Å². The number of hydrogen-bond donors (Lipinski definition) is 1. The molecule has 2 N–H and O–H groups in total. The van der Waals surface area contributed by atoms with Crippen LogP contribution in [0.25, 0.3) is 0 Å². The molecule has 0 aliphatic heterocycles. The van der Waals surface area contributed by atoms with Crippen LogP contribution in [-0.2, 0) is 0 Å². The lowest BCUT2D eigenvalue weighted by Crippen LogP contribution is -2.12. The quantitative estimate of drug-likeness (QED) is 0.623. The van der Waals surface area contributed by atoms with Crippen molar-refractivity contribution in [1.29, 1.82) is 0 Å². The van der Waals surface area contributed by atoms with Crippen LogP contribution in [0.1, 0.15) is 26.2 Å². The molecule has 2 heteroatoms. The first-order chi connectivity index (χ1) is 5.33. The van der Waals surface area contributed by atoms with Gasteiger partial charge in [0.25, 0.3) is 0 Å². The topological polar surface area (TPSA) is 26.0 Å². The lowest BCUT2D eigenvalue weighted by molar-refractivity contribution is 0.674. The van der Waals surface area contributed by atoms with Crippen LogP contribution in [-0.4, -0.2) is 18.1 Å². The molecule has 1 atom stereocenters. The van der Waals surface area contributed by atoms with Crippen LogP contribution in [0.15, 0.2) is 0 Å². The maximum atomic E-state index is 5.51. The van der Waals surface area contributed by atoms with Crippen molar-refractivity contribution >= 4 is 11.8 Å². The third-order valence-corrected chi connectivity index (χ3v) is 3.50. The van der Waals surface area contributed by atoms with Crippen LogP contribution in [0.4, 0.5) is 0 Å². The molecule has 11 heavy (non-hydrogen) atoms. The maximum Gasteiger partial charge on any atom is -0.00297 e. The van der Waals surface area contributed by atoms with Gasteiger partial charge in [-0.3, -0.25) is 0 Å². The Kier molecular flexibility index (Phi) is 4.31. The Balaban J connectivity index is 1.79. The predicted molar refractivity (Wildman–Crippen MR) is 52.9 cm³/mol. The lowest BCUT2D eigenvalue weighted by atomic mass is 10.2. The van der Waals surface area contributed by atoms with Gasteiger partial charge in [0.2, 0.25) is 0 Å². The molecule has 1 fully saturated rings. The van der Waals surface area contributed by atoms with Crippen molar-refractivity contribution < 1.29 is 0 Å². The van der Waals surface area contributed by atoms with E-state index in [0.29, 0.717) is 5.92 Å². The first-order valence-electron chi connectivity index (χ1n) is 4.60. The van der Waals surface area contributed by atoms with Crippen LogP contribution < -0.4 is 5.73 Å². The van der Waals surface area contributed by atoms with Gasteiger partial charge in [-0.2, -0.15) is 11.8 Å². The zero-order chi connectivity index (χ0) is 8.10. The summed E-state index contributed by atoms with van der Waals surface area (Å²) >= 11 is 2.07. The minimum absolute atomic E-state index is 0.708. The summed E-state index contributed by atoms with van der Waals surface area (Å²) in [5.74, 6) is 4.41. The number of rotatable bonds is 6. The van der Waals surface area contributed by atoms with Crippen LogP contribution in [0.3, 0.4) is 0 Å². The van der Waals surface area contributed by atoms with E-state index in [0.717, 1.165) is 12.5 Å². The summed E-state index contributed by atoms with van der Waals surface area (Å²) < 4.78 is 0. The van der Waals surface area contributed by atoms with E-state index >= 15 is 0 Å². The van der Waals surface area contributed by atoms with Gasteiger partial charge in [-0.05, 0) is 36.3 Å². The zero-order valence-electron chi connectivity index (χ0n) is 7.38. The van der Waals surface area contributed by atoms with Crippen LogP contribution >= 0.6 is 11.8 Å². The molecule has 0 aromatic carbocycles. The Morgan fingerprint density at radius 2 is 2.27 bits per heavy atom. The summed E-state index contributed by atoms with van der Waals surface area (Å²) in [6.07, 6.45) is 4.43. The van der Waals surface area contributed by atoms with Crippen molar-refractivity contribution in [3.8, 4) is 0 Å². The third kappa shape index (κ3) is 4.70. The fourth-order valence-electron chi connectivity index (χ4n) is 1.01. The Morgan fingerprint density at radius 3 is 2.82 bits per heavy atom. The van der Waals surface area contributed by atoms with Crippen molar-refractivity contribution in [2.24, 2.45) is 17.6 Å². The fraction of sp³-hybridized carbons (Fsp3) is 1.00. The Bertz CT molecular complexity index is 102. The minimum atomic E-state index is 0.708. The molecule has 0 bridgehead atoms. The smallest absolute Gasteiger partial charge is 0.00297 e. The molecular weight excluding hydrogens is 154 g/mol. The zero-order valence-corrected chi connectivity index (χ0v) is 8.20. The highest BCUT2D eigenvalue weighted by Crippen LogP contribution is 2.33. The van der Waals surface area contributed by atoms with Gasteiger partial charge in [-0.1, -0.05) is 19.8 Å². The summed E-state index contributed by atoms with van der Waals surface area (Å²) in [6, 6.07) is 0. The Hall–Kier alpha value is 0.310. The van der Waals surface area contributed by atoms with Gasteiger partial charge >= 0.3 is 0 Å². The highest BCUT2D eigenvalue weighted by molar-refractivity contribution is 7.99. The average molecular weight is 173 g/mol. The Morgan fingerprint density at radius 1 is 1.55 bits per heavy atom. The normalized spacial score (nSPS) is 20.2. The molecule has 1 saturated carbocycles. The van der Waals surface area contributed by atoms with E-state index in [1.54, 1.807) is 0 Å². The van der Waals surface area contributed by atoms with E-state index in [1.807, 2.05) is 0 Å². The van der Waals surface area contributed by atoms with Gasteiger partial charge in [0.15, 0.2) is 0 Å². The number of nitrogens with two attached hydrogens (primary N) is 1. The molecule has 1 rings (SSSR count). The molecular formula is C9H19NS.